The monoisotopic (exact) mass is 477 g/mol. The number of nitrogens with zero attached hydrogens (tertiary/aromatic N) is 1. The van der Waals surface area contributed by atoms with Crippen molar-refractivity contribution in [2.24, 2.45) is 0 Å². The van der Waals surface area contributed by atoms with E-state index < -0.39 is 23.4 Å². The van der Waals surface area contributed by atoms with Gasteiger partial charge in [-0.3, -0.25) is 24.5 Å². The van der Waals surface area contributed by atoms with Crippen LogP contribution in [0.1, 0.15) is 44.7 Å². The van der Waals surface area contributed by atoms with Gasteiger partial charge in [0.1, 0.15) is 6.04 Å². The Morgan fingerprint density at radius 1 is 1.15 bits per heavy atom. The van der Waals surface area contributed by atoms with Gasteiger partial charge >= 0.3 is 5.51 Å². The van der Waals surface area contributed by atoms with Gasteiger partial charge in [-0.15, -0.1) is 0 Å². The summed E-state index contributed by atoms with van der Waals surface area (Å²) in [6.45, 7) is 0.314. The highest BCUT2D eigenvalue weighted by atomic mass is 32.2. The van der Waals surface area contributed by atoms with Crippen molar-refractivity contribution in [3.63, 3.8) is 0 Å². The second-order valence-electron chi connectivity index (χ2n) is 7.65. The van der Waals surface area contributed by atoms with Crippen LogP contribution in [0.25, 0.3) is 0 Å². The molecule has 2 aliphatic heterocycles. The zero-order valence-corrected chi connectivity index (χ0v) is 17.9. The fraction of sp³-hybridized carbons (Fsp3) is 0.273. The Hall–Kier alpha value is -3.34. The maximum atomic E-state index is 12.7. The lowest BCUT2D eigenvalue weighted by molar-refractivity contribution is -0.136. The van der Waals surface area contributed by atoms with E-state index in [1.54, 1.807) is 18.2 Å². The first-order valence-electron chi connectivity index (χ1n) is 10.0. The maximum Gasteiger partial charge on any atom is 0.446 e. The van der Waals surface area contributed by atoms with Crippen molar-refractivity contribution in [1.82, 2.24) is 15.5 Å². The highest BCUT2D eigenvalue weighted by Crippen LogP contribution is 2.37. The zero-order valence-electron chi connectivity index (χ0n) is 17.1. The molecular formula is C22H18F3N3O4S. The topological polar surface area (TPSA) is 95.6 Å². The highest BCUT2D eigenvalue weighted by molar-refractivity contribution is 8.00. The van der Waals surface area contributed by atoms with Gasteiger partial charge in [0.05, 0.1) is 0 Å². The van der Waals surface area contributed by atoms with Crippen LogP contribution in [0.3, 0.4) is 0 Å². The molecule has 7 nitrogen and oxygen atoms in total. The molecule has 0 saturated carbocycles. The number of thioether (sulfide) groups is 1. The Morgan fingerprint density at radius 2 is 1.94 bits per heavy atom. The van der Waals surface area contributed by atoms with E-state index in [1.807, 2.05) is 0 Å². The summed E-state index contributed by atoms with van der Waals surface area (Å²) >= 11 is -0.291. The summed E-state index contributed by atoms with van der Waals surface area (Å²) in [4.78, 5) is 50.0. The number of carbonyl (C=O) groups is 4. The number of alkyl halides is 3. The summed E-state index contributed by atoms with van der Waals surface area (Å²) in [5.74, 6) is -1.68. The third-order valence-corrected chi connectivity index (χ3v) is 6.09. The van der Waals surface area contributed by atoms with E-state index in [1.165, 1.54) is 29.2 Å². The summed E-state index contributed by atoms with van der Waals surface area (Å²) in [6, 6.07) is 9.57. The second-order valence-corrected chi connectivity index (χ2v) is 8.79. The molecule has 1 fully saturated rings. The van der Waals surface area contributed by atoms with Crippen molar-refractivity contribution < 1.29 is 32.3 Å². The Labute approximate surface area is 190 Å². The van der Waals surface area contributed by atoms with E-state index >= 15 is 0 Å². The van der Waals surface area contributed by atoms with Crippen LogP contribution in [0.5, 0.6) is 0 Å². The lowest BCUT2D eigenvalue weighted by Gasteiger charge is -2.29. The molecule has 2 heterocycles. The van der Waals surface area contributed by atoms with Crippen LogP contribution in [0.4, 0.5) is 13.2 Å². The molecule has 2 aromatic rings. The van der Waals surface area contributed by atoms with Crippen LogP contribution < -0.4 is 10.6 Å². The van der Waals surface area contributed by atoms with Gasteiger partial charge in [0.2, 0.25) is 11.8 Å². The van der Waals surface area contributed by atoms with Crippen molar-refractivity contribution in [3.8, 4) is 0 Å². The molecule has 0 aromatic heterocycles. The molecule has 172 valence electrons. The number of hydrogen-bond donors (Lipinski definition) is 2. The minimum Gasteiger partial charge on any atom is -0.348 e. The first kappa shape index (κ1) is 22.8. The van der Waals surface area contributed by atoms with Crippen molar-refractivity contribution in [2.75, 3.05) is 0 Å². The smallest absolute Gasteiger partial charge is 0.348 e. The number of piperidine rings is 1. The number of nitrogens with one attached hydrogen (secondary N) is 2. The molecule has 4 rings (SSSR count). The number of hydrogen-bond acceptors (Lipinski definition) is 5. The fourth-order valence-electron chi connectivity index (χ4n) is 3.86. The van der Waals surface area contributed by atoms with Crippen molar-refractivity contribution in [1.29, 1.82) is 0 Å². The van der Waals surface area contributed by atoms with Gasteiger partial charge in [-0.05, 0) is 53.6 Å². The molecule has 1 atom stereocenters. The van der Waals surface area contributed by atoms with Crippen LogP contribution in [-0.4, -0.2) is 40.1 Å². The molecule has 11 heteroatoms. The van der Waals surface area contributed by atoms with Gasteiger partial charge in [0, 0.05) is 35.5 Å². The van der Waals surface area contributed by atoms with Gasteiger partial charge in [-0.2, -0.15) is 13.2 Å². The average Bonchev–Trinajstić information content (AvgIpc) is 3.06. The molecule has 2 aliphatic rings. The Kier molecular flexibility index (Phi) is 6.15. The molecule has 2 N–H and O–H groups in total. The number of carbonyl (C=O) groups excluding carboxylic acids is 4. The normalized spacial score (nSPS) is 18.2. The fourth-order valence-corrected chi connectivity index (χ4v) is 4.46. The van der Waals surface area contributed by atoms with E-state index in [0.29, 0.717) is 16.7 Å². The van der Waals surface area contributed by atoms with Gasteiger partial charge in [-0.1, -0.05) is 18.2 Å². The Morgan fingerprint density at radius 3 is 2.67 bits per heavy atom. The van der Waals surface area contributed by atoms with Crippen molar-refractivity contribution in [2.45, 2.75) is 42.4 Å². The minimum absolute atomic E-state index is 0.0836. The number of fused-ring (bicyclic) bond motifs is 1. The summed E-state index contributed by atoms with van der Waals surface area (Å²) in [6.07, 6.45) is 0.426. The largest absolute Gasteiger partial charge is 0.446 e. The van der Waals surface area contributed by atoms with Crippen LogP contribution in [0.15, 0.2) is 47.4 Å². The molecule has 0 radical (unpaired) electrons. The molecule has 0 aliphatic carbocycles. The molecule has 0 spiro atoms. The number of halogens is 3. The minimum atomic E-state index is -4.45. The average molecular weight is 477 g/mol. The van der Waals surface area contributed by atoms with E-state index in [2.05, 4.69) is 10.6 Å². The summed E-state index contributed by atoms with van der Waals surface area (Å²) in [7, 11) is 0. The highest BCUT2D eigenvalue weighted by Gasteiger charge is 2.39. The third-order valence-electron chi connectivity index (χ3n) is 5.37. The van der Waals surface area contributed by atoms with E-state index in [0.717, 1.165) is 0 Å². The predicted octanol–water partition coefficient (Wildman–Crippen LogP) is 2.99. The molecule has 33 heavy (non-hydrogen) atoms. The van der Waals surface area contributed by atoms with Gasteiger partial charge in [-0.25, -0.2) is 0 Å². The number of rotatable bonds is 5. The van der Waals surface area contributed by atoms with Crippen LogP contribution in [0, 0.1) is 0 Å². The SMILES string of the molecule is O=C1CCC(N2Cc3cc(CNC(=O)c4cccc(SC(F)(F)F)c4)ccc3C2=O)C(=O)N1. The van der Waals surface area contributed by atoms with E-state index in [9.17, 15) is 32.3 Å². The maximum absolute atomic E-state index is 12.7. The molecule has 1 saturated heterocycles. The quantitative estimate of drug-likeness (QED) is 0.510. The van der Waals surface area contributed by atoms with Gasteiger partial charge < -0.3 is 10.2 Å². The second kappa shape index (κ2) is 8.89. The van der Waals surface area contributed by atoms with Crippen LogP contribution in [-0.2, 0) is 22.7 Å². The number of benzene rings is 2. The number of amides is 4. The molecule has 0 bridgehead atoms. The lowest BCUT2D eigenvalue weighted by Crippen LogP contribution is -2.52. The summed E-state index contributed by atoms with van der Waals surface area (Å²) in [5, 5.41) is 4.91. The Bertz CT molecular complexity index is 1150. The van der Waals surface area contributed by atoms with E-state index in [4.69, 9.17) is 0 Å². The lowest BCUT2D eigenvalue weighted by atomic mass is 10.0. The summed E-state index contributed by atoms with van der Waals surface area (Å²) < 4.78 is 37.7. The van der Waals surface area contributed by atoms with Crippen LogP contribution >= 0.6 is 11.8 Å². The molecular weight excluding hydrogens is 459 g/mol. The summed E-state index contributed by atoms with van der Waals surface area (Å²) in [5.41, 5.74) is -2.50. The first-order chi connectivity index (χ1) is 15.6. The van der Waals surface area contributed by atoms with Crippen molar-refractivity contribution >= 4 is 35.4 Å². The number of imide groups is 1. The predicted molar refractivity (Wildman–Crippen MR) is 112 cm³/mol. The van der Waals surface area contributed by atoms with Crippen LogP contribution in [0.2, 0.25) is 0 Å². The molecule has 1 unspecified atom stereocenters. The van der Waals surface area contributed by atoms with Gasteiger partial charge in [0.15, 0.2) is 0 Å². The molecule has 2 aromatic carbocycles. The van der Waals surface area contributed by atoms with Crippen molar-refractivity contribution in [3.05, 3.63) is 64.7 Å². The molecule has 4 amide bonds. The zero-order chi connectivity index (χ0) is 23.8. The van der Waals surface area contributed by atoms with Gasteiger partial charge in [0.25, 0.3) is 11.8 Å². The first-order valence-corrected chi connectivity index (χ1v) is 10.8. The Balaban J connectivity index is 1.41. The standard InChI is InChI=1S/C22H18F3N3O4S/c23-22(24,25)33-15-3-1-2-13(9-15)19(30)26-10-12-4-5-16-14(8-12)11-28(21(16)32)17-6-7-18(29)27-20(17)31/h1-5,8-9,17H,6-7,10-11H2,(H,26,30)(H,27,29,31). The third kappa shape index (κ3) is 5.19. The van der Waals surface area contributed by atoms with E-state index in [-0.39, 0.29) is 60.0 Å².